The van der Waals surface area contributed by atoms with E-state index in [-0.39, 0.29) is 0 Å². The molecule has 0 saturated heterocycles. The van der Waals surface area contributed by atoms with E-state index in [4.69, 9.17) is 4.74 Å². The van der Waals surface area contributed by atoms with Crippen LogP contribution in [0.15, 0.2) is 48.8 Å². The maximum Gasteiger partial charge on any atom is 0.182 e. The van der Waals surface area contributed by atoms with E-state index in [1.807, 2.05) is 0 Å². The molecular formula is C24H35N2O+. The average Bonchev–Trinajstić information content (AvgIpc) is 2.70. The Balaban J connectivity index is 1.44. The van der Waals surface area contributed by atoms with Gasteiger partial charge in [0.25, 0.3) is 0 Å². The van der Waals surface area contributed by atoms with Crippen molar-refractivity contribution in [1.29, 1.82) is 0 Å². The average molecular weight is 368 g/mol. The standard InChI is InChI=1S/C24H35N2O/c1-4-5-20-6-8-21(9-7-20)22-10-12-24(13-11-22)27-19-18-26-16-14-23(15-17-26)25(2)3/h10-17,20-21H,4-9,18-19H2,1-3H3/q+1. The number of aromatic nitrogens is 1. The van der Waals surface area contributed by atoms with Crippen LogP contribution in [0, 0.1) is 5.92 Å². The first kappa shape index (κ1) is 19.7. The van der Waals surface area contributed by atoms with Crippen LogP contribution in [0.4, 0.5) is 5.69 Å². The lowest BCUT2D eigenvalue weighted by atomic mass is 9.77. The summed E-state index contributed by atoms with van der Waals surface area (Å²) in [6, 6.07) is 13.1. The third-order valence-corrected chi connectivity index (χ3v) is 5.90. The molecule has 1 aromatic carbocycles. The smallest absolute Gasteiger partial charge is 0.182 e. The minimum Gasteiger partial charge on any atom is -0.487 e. The second kappa shape index (κ2) is 9.77. The molecule has 3 nitrogen and oxygen atoms in total. The highest BCUT2D eigenvalue weighted by molar-refractivity contribution is 5.41. The van der Waals surface area contributed by atoms with Crippen molar-refractivity contribution in [1.82, 2.24) is 0 Å². The molecule has 0 amide bonds. The second-order valence-electron chi connectivity index (χ2n) is 8.11. The predicted octanol–water partition coefficient (Wildman–Crippen LogP) is 5.19. The number of anilines is 1. The Kier molecular flexibility index (Phi) is 7.14. The molecule has 0 bridgehead atoms. The molecule has 1 aliphatic carbocycles. The Labute approximate surface area is 165 Å². The highest BCUT2D eigenvalue weighted by Crippen LogP contribution is 2.37. The van der Waals surface area contributed by atoms with E-state index in [9.17, 15) is 0 Å². The van der Waals surface area contributed by atoms with Crippen LogP contribution in [-0.2, 0) is 6.54 Å². The molecule has 0 atom stereocenters. The second-order valence-corrected chi connectivity index (χ2v) is 8.11. The first-order chi connectivity index (χ1) is 13.2. The van der Waals surface area contributed by atoms with Gasteiger partial charge in [0, 0.05) is 31.9 Å². The summed E-state index contributed by atoms with van der Waals surface area (Å²) in [6.07, 6.45) is 12.5. The molecule has 146 valence electrons. The van der Waals surface area contributed by atoms with Gasteiger partial charge in [-0.25, -0.2) is 4.57 Å². The van der Waals surface area contributed by atoms with Crippen molar-refractivity contribution in [3.63, 3.8) is 0 Å². The summed E-state index contributed by atoms with van der Waals surface area (Å²) in [5.41, 5.74) is 2.71. The maximum absolute atomic E-state index is 5.95. The zero-order valence-corrected chi connectivity index (χ0v) is 17.2. The number of rotatable bonds is 8. The lowest BCUT2D eigenvalue weighted by Gasteiger charge is -2.28. The molecule has 0 unspecified atom stereocenters. The highest BCUT2D eigenvalue weighted by Gasteiger charge is 2.21. The predicted molar refractivity (Wildman–Crippen MR) is 113 cm³/mol. The Morgan fingerprint density at radius 3 is 2.22 bits per heavy atom. The molecule has 0 radical (unpaired) electrons. The summed E-state index contributed by atoms with van der Waals surface area (Å²) in [7, 11) is 4.12. The van der Waals surface area contributed by atoms with Crippen LogP contribution >= 0.6 is 0 Å². The zero-order valence-electron chi connectivity index (χ0n) is 17.2. The summed E-state index contributed by atoms with van der Waals surface area (Å²) >= 11 is 0. The highest BCUT2D eigenvalue weighted by atomic mass is 16.5. The van der Waals surface area contributed by atoms with Crippen molar-refractivity contribution in [2.45, 2.75) is 57.9 Å². The van der Waals surface area contributed by atoms with Gasteiger partial charge >= 0.3 is 0 Å². The first-order valence-corrected chi connectivity index (χ1v) is 10.5. The number of ether oxygens (including phenoxy) is 1. The molecule has 0 spiro atoms. The van der Waals surface area contributed by atoms with E-state index in [0.717, 1.165) is 24.1 Å². The van der Waals surface area contributed by atoms with Crippen LogP contribution in [0.3, 0.4) is 0 Å². The van der Waals surface area contributed by atoms with Gasteiger partial charge in [-0.05, 0) is 55.2 Å². The fourth-order valence-electron chi connectivity index (χ4n) is 4.19. The Hall–Kier alpha value is -2.03. The van der Waals surface area contributed by atoms with Gasteiger partial charge in [0.2, 0.25) is 0 Å². The number of nitrogens with zero attached hydrogens (tertiary/aromatic N) is 2. The molecule has 1 fully saturated rings. The summed E-state index contributed by atoms with van der Waals surface area (Å²) in [4.78, 5) is 2.11. The van der Waals surface area contributed by atoms with Gasteiger partial charge in [-0.15, -0.1) is 0 Å². The molecule has 0 aliphatic heterocycles. The van der Waals surface area contributed by atoms with Crippen molar-refractivity contribution in [2.75, 3.05) is 25.6 Å². The zero-order chi connectivity index (χ0) is 19.1. The Morgan fingerprint density at radius 1 is 0.963 bits per heavy atom. The minimum atomic E-state index is 0.688. The normalized spacial score (nSPS) is 19.7. The number of pyridine rings is 1. The Morgan fingerprint density at radius 2 is 1.63 bits per heavy atom. The number of hydrogen-bond acceptors (Lipinski definition) is 2. The third kappa shape index (κ3) is 5.72. The topological polar surface area (TPSA) is 16.4 Å². The maximum atomic E-state index is 5.95. The van der Waals surface area contributed by atoms with Gasteiger partial charge in [0.1, 0.15) is 12.4 Å². The van der Waals surface area contributed by atoms with Crippen LogP contribution in [0.2, 0.25) is 0 Å². The van der Waals surface area contributed by atoms with Crippen molar-refractivity contribution in [2.24, 2.45) is 5.92 Å². The molecule has 1 heterocycles. The van der Waals surface area contributed by atoms with Crippen molar-refractivity contribution in [3.8, 4) is 5.75 Å². The first-order valence-electron chi connectivity index (χ1n) is 10.5. The lowest BCUT2D eigenvalue weighted by Crippen LogP contribution is -2.35. The third-order valence-electron chi connectivity index (χ3n) is 5.90. The van der Waals surface area contributed by atoms with Crippen LogP contribution in [0.1, 0.15) is 56.9 Å². The molecule has 2 aromatic rings. The van der Waals surface area contributed by atoms with Gasteiger partial charge < -0.3 is 9.64 Å². The van der Waals surface area contributed by atoms with Gasteiger partial charge in [-0.2, -0.15) is 0 Å². The van der Waals surface area contributed by atoms with Crippen molar-refractivity contribution in [3.05, 3.63) is 54.4 Å². The van der Waals surface area contributed by atoms with E-state index in [0.29, 0.717) is 6.61 Å². The quantitative estimate of drug-likeness (QED) is 0.597. The van der Waals surface area contributed by atoms with Crippen molar-refractivity contribution >= 4 is 5.69 Å². The number of hydrogen-bond donors (Lipinski definition) is 0. The van der Waals surface area contributed by atoms with E-state index in [1.165, 1.54) is 49.8 Å². The van der Waals surface area contributed by atoms with Gasteiger partial charge in [0.05, 0.1) is 0 Å². The van der Waals surface area contributed by atoms with Crippen LogP contribution in [0.25, 0.3) is 0 Å². The minimum absolute atomic E-state index is 0.688. The molecular weight excluding hydrogens is 332 g/mol. The summed E-state index contributed by atoms with van der Waals surface area (Å²) in [5.74, 6) is 2.69. The van der Waals surface area contributed by atoms with E-state index in [2.05, 4.69) is 79.3 Å². The summed E-state index contributed by atoms with van der Waals surface area (Å²) in [6.45, 7) is 3.85. The molecule has 3 heteroatoms. The molecule has 1 aromatic heterocycles. The van der Waals surface area contributed by atoms with Crippen LogP contribution < -0.4 is 14.2 Å². The number of benzene rings is 1. The van der Waals surface area contributed by atoms with Crippen molar-refractivity contribution < 1.29 is 9.30 Å². The Bertz CT molecular complexity index is 671. The summed E-state index contributed by atoms with van der Waals surface area (Å²) in [5, 5.41) is 0. The van der Waals surface area contributed by atoms with E-state index in [1.54, 1.807) is 0 Å². The molecule has 3 rings (SSSR count). The fourth-order valence-corrected chi connectivity index (χ4v) is 4.19. The van der Waals surface area contributed by atoms with Gasteiger partial charge in [-0.1, -0.05) is 31.9 Å². The monoisotopic (exact) mass is 367 g/mol. The van der Waals surface area contributed by atoms with Gasteiger partial charge in [0.15, 0.2) is 18.9 Å². The fraction of sp³-hybridized carbons (Fsp3) is 0.542. The van der Waals surface area contributed by atoms with Crippen LogP contribution in [0.5, 0.6) is 5.75 Å². The molecule has 1 aliphatic rings. The SMILES string of the molecule is CCCC1CCC(c2ccc(OCC[n+]3ccc(N(C)C)cc3)cc2)CC1. The molecule has 27 heavy (non-hydrogen) atoms. The summed E-state index contributed by atoms with van der Waals surface area (Å²) < 4.78 is 8.11. The molecule has 0 N–H and O–H groups in total. The van der Waals surface area contributed by atoms with Crippen LogP contribution in [-0.4, -0.2) is 20.7 Å². The largest absolute Gasteiger partial charge is 0.487 e. The lowest BCUT2D eigenvalue weighted by molar-refractivity contribution is -0.697. The molecule has 1 saturated carbocycles. The van der Waals surface area contributed by atoms with Gasteiger partial charge in [-0.3, -0.25) is 0 Å². The van der Waals surface area contributed by atoms with E-state index >= 15 is 0 Å². The van der Waals surface area contributed by atoms with E-state index < -0.39 is 0 Å².